The van der Waals surface area contributed by atoms with Crippen molar-refractivity contribution in [3.05, 3.63) is 60.0 Å². The third kappa shape index (κ3) is 5.27. The van der Waals surface area contributed by atoms with Gasteiger partial charge in [-0.15, -0.1) is 0 Å². The van der Waals surface area contributed by atoms with Gasteiger partial charge in [-0.2, -0.15) is 15.1 Å². The first-order chi connectivity index (χ1) is 17.2. The highest BCUT2D eigenvalue weighted by molar-refractivity contribution is 5.59. The molecular weight excluding hydrogens is 444 g/mol. The second kappa shape index (κ2) is 9.38. The van der Waals surface area contributed by atoms with Crippen LogP contribution in [0.3, 0.4) is 0 Å². The molecule has 1 saturated carbocycles. The summed E-state index contributed by atoms with van der Waals surface area (Å²) in [7, 11) is 2.10. The Morgan fingerprint density at radius 3 is 2.77 bits per heavy atom. The van der Waals surface area contributed by atoms with E-state index in [9.17, 15) is 0 Å². The summed E-state index contributed by atoms with van der Waals surface area (Å²) in [4.78, 5) is 11.5. The molecule has 3 N–H and O–H groups in total. The van der Waals surface area contributed by atoms with E-state index in [0.717, 1.165) is 42.3 Å². The Hall–Kier alpha value is -3.92. The van der Waals surface area contributed by atoms with Crippen molar-refractivity contribution >= 4 is 17.6 Å². The maximum Gasteiger partial charge on any atom is 0.228 e. The first-order valence-electron chi connectivity index (χ1n) is 12.0. The number of hydrogen-bond acceptors (Lipinski definition) is 9. The molecule has 2 aliphatic rings. The van der Waals surface area contributed by atoms with Crippen LogP contribution in [0.15, 0.2) is 53.1 Å². The van der Waals surface area contributed by atoms with Crippen molar-refractivity contribution < 1.29 is 9.26 Å². The average Bonchev–Trinajstić information content (AvgIpc) is 3.23. The third-order valence-electron chi connectivity index (χ3n) is 6.26. The fourth-order valence-electron chi connectivity index (χ4n) is 4.23. The molecule has 1 aliphatic carbocycles. The number of nitrogens with zero attached hydrogens (tertiary/aromatic N) is 5. The van der Waals surface area contributed by atoms with E-state index in [1.54, 1.807) is 0 Å². The second-order valence-corrected chi connectivity index (χ2v) is 9.21. The number of likely N-dealkylation sites (tertiary alicyclic amines) is 1. The summed E-state index contributed by atoms with van der Waals surface area (Å²) in [5, 5.41) is 18.2. The van der Waals surface area contributed by atoms with Crippen LogP contribution >= 0.6 is 0 Å². The van der Waals surface area contributed by atoms with E-state index in [1.165, 1.54) is 12.8 Å². The minimum atomic E-state index is 0.102. The Kier molecular flexibility index (Phi) is 5.79. The van der Waals surface area contributed by atoms with Crippen LogP contribution in [-0.4, -0.2) is 56.5 Å². The van der Waals surface area contributed by atoms with Crippen LogP contribution in [0.2, 0.25) is 0 Å². The fraction of sp³-hybridized carbons (Fsp3) is 0.360. The van der Waals surface area contributed by atoms with E-state index in [1.807, 2.05) is 48.5 Å². The van der Waals surface area contributed by atoms with Gasteiger partial charge in [0.1, 0.15) is 17.6 Å². The molecule has 1 aliphatic heterocycles. The summed E-state index contributed by atoms with van der Waals surface area (Å²) in [5.41, 5.74) is 2.95. The first-order valence-corrected chi connectivity index (χ1v) is 12.0. The van der Waals surface area contributed by atoms with Gasteiger partial charge in [0.2, 0.25) is 11.8 Å². The van der Waals surface area contributed by atoms with Crippen LogP contribution in [0.25, 0.3) is 11.3 Å². The molecule has 10 nitrogen and oxygen atoms in total. The van der Waals surface area contributed by atoms with Gasteiger partial charge in [0, 0.05) is 48.5 Å². The lowest BCUT2D eigenvalue weighted by molar-refractivity contribution is 0.200. The molecule has 0 amide bonds. The second-order valence-electron chi connectivity index (χ2n) is 9.21. The molecule has 6 rings (SSSR count). The van der Waals surface area contributed by atoms with E-state index < -0.39 is 0 Å². The quantitative estimate of drug-likeness (QED) is 0.330. The van der Waals surface area contributed by atoms with E-state index in [0.29, 0.717) is 35.9 Å². The van der Waals surface area contributed by atoms with Crippen molar-refractivity contribution in [3.8, 4) is 17.1 Å². The monoisotopic (exact) mass is 472 g/mol. The maximum atomic E-state index is 6.20. The highest BCUT2D eigenvalue weighted by atomic mass is 16.5. The molecule has 0 radical (unpaired) electrons. The molecule has 4 heterocycles. The van der Waals surface area contributed by atoms with Crippen LogP contribution in [0, 0.1) is 0 Å². The summed E-state index contributed by atoms with van der Waals surface area (Å²) in [5.74, 6) is 3.58. The fourth-order valence-corrected chi connectivity index (χ4v) is 4.23. The van der Waals surface area contributed by atoms with E-state index in [4.69, 9.17) is 9.26 Å². The van der Waals surface area contributed by atoms with Crippen LogP contribution < -0.4 is 15.4 Å². The third-order valence-corrected chi connectivity index (χ3v) is 6.26. The number of aromatic nitrogens is 5. The lowest BCUT2D eigenvalue weighted by atomic mass is 10.1. The minimum Gasteiger partial charge on any atom is -0.473 e. The Morgan fingerprint density at radius 2 is 1.97 bits per heavy atom. The van der Waals surface area contributed by atoms with Crippen LogP contribution in [-0.2, 0) is 6.54 Å². The van der Waals surface area contributed by atoms with E-state index in [2.05, 4.69) is 47.9 Å². The standard InChI is InChI=1S/C25H28N8O2/c1-33-10-9-18(15-33)34-24-13-22(27-23-12-20(30-31-23)17-7-8-17)28-25(29-24)26-14-19-11-21(32-35-19)16-5-3-2-4-6-16/h2-6,11-13,17-18H,7-10,14-15H2,1H3,(H3,26,27,28,29,30,31). The SMILES string of the molecule is CN1CCC(Oc2cc(Nc3cc(C4CC4)[nH]n3)nc(NCc3cc(-c4ccccc4)no3)n2)C1. The molecule has 1 unspecified atom stereocenters. The molecule has 0 bridgehead atoms. The van der Waals surface area contributed by atoms with Crippen LogP contribution in [0.1, 0.15) is 36.6 Å². The average molecular weight is 473 g/mol. The molecule has 0 spiro atoms. The van der Waals surface area contributed by atoms with Crippen molar-refractivity contribution in [2.45, 2.75) is 37.8 Å². The normalized spacial score (nSPS) is 18.0. The summed E-state index contributed by atoms with van der Waals surface area (Å²) in [6.45, 7) is 2.28. The Morgan fingerprint density at radius 1 is 1.09 bits per heavy atom. The van der Waals surface area contributed by atoms with Gasteiger partial charge in [0.05, 0.1) is 6.54 Å². The van der Waals surface area contributed by atoms with Gasteiger partial charge in [0.25, 0.3) is 0 Å². The molecule has 180 valence electrons. The van der Waals surface area contributed by atoms with Crippen LogP contribution in [0.4, 0.5) is 17.6 Å². The van der Waals surface area contributed by atoms with Crippen molar-refractivity contribution in [3.63, 3.8) is 0 Å². The van der Waals surface area contributed by atoms with Crippen molar-refractivity contribution in [1.82, 2.24) is 30.2 Å². The molecule has 10 heteroatoms. The lowest BCUT2D eigenvalue weighted by Gasteiger charge is -2.15. The Bertz CT molecular complexity index is 1280. The predicted octanol–water partition coefficient (Wildman–Crippen LogP) is 4.17. The van der Waals surface area contributed by atoms with Gasteiger partial charge in [0.15, 0.2) is 11.6 Å². The zero-order valence-electron chi connectivity index (χ0n) is 19.6. The Balaban J connectivity index is 1.18. The molecule has 1 atom stereocenters. The predicted molar refractivity (Wildman–Crippen MR) is 132 cm³/mol. The van der Waals surface area contributed by atoms with Crippen molar-refractivity contribution in [1.29, 1.82) is 0 Å². The molecule has 1 aromatic carbocycles. The number of nitrogens with one attached hydrogen (secondary N) is 3. The number of aromatic amines is 1. The number of ether oxygens (including phenoxy) is 1. The van der Waals surface area contributed by atoms with E-state index in [-0.39, 0.29) is 6.10 Å². The number of likely N-dealkylation sites (N-methyl/N-ethyl adjacent to an activating group) is 1. The van der Waals surface area contributed by atoms with Gasteiger partial charge in [-0.3, -0.25) is 5.10 Å². The van der Waals surface area contributed by atoms with E-state index >= 15 is 0 Å². The topological polar surface area (TPSA) is 117 Å². The highest BCUT2D eigenvalue weighted by Crippen LogP contribution is 2.39. The molecule has 2 fully saturated rings. The number of benzene rings is 1. The van der Waals surface area contributed by atoms with Gasteiger partial charge in [-0.1, -0.05) is 35.5 Å². The Labute approximate surface area is 203 Å². The molecule has 3 aromatic heterocycles. The number of H-pyrrole nitrogens is 1. The van der Waals surface area contributed by atoms with Gasteiger partial charge in [-0.25, -0.2) is 0 Å². The summed E-state index contributed by atoms with van der Waals surface area (Å²) < 4.78 is 11.7. The van der Waals surface area contributed by atoms with Crippen LogP contribution in [0.5, 0.6) is 5.88 Å². The highest BCUT2D eigenvalue weighted by Gasteiger charge is 2.26. The zero-order chi connectivity index (χ0) is 23.6. The largest absolute Gasteiger partial charge is 0.473 e. The van der Waals surface area contributed by atoms with Gasteiger partial charge >= 0.3 is 0 Å². The summed E-state index contributed by atoms with van der Waals surface area (Å²) >= 11 is 0. The lowest BCUT2D eigenvalue weighted by Crippen LogP contribution is -2.22. The molecule has 4 aromatic rings. The number of rotatable bonds is 9. The smallest absolute Gasteiger partial charge is 0.228 e. The van der Waals surface area contributed by atoms with Gasteiger partial charge < -0.3 is 24.8 Å². The van der Waals surface area contributed by atoms with Crippen molar-refractivity contribution in [2.24, 2.45) is 0 Å². The first kappa shape index (κ1) is 21.6. The van der Waals surface area contributed by atoms with Gasteiger partial charge in [-0.05, 0) is 26.3 Å². The number of anilines is 3. The van der Waals surface area contributed by atoms with Crippen molar-refractivity contribution in [2.75, 3.05) is 30.8 Å². The molecule has 35 heavy (non-hydrogen) atoms. The minimum absolute atomic E-state index is 0.102. The molecule has 1 saturated heterocycles. The molecular formula is C25H28N8O2. The zero-order valence-corrected chi connectivity index (χ0v) is 19.6. The number of hydrogen-bond donors (Lipinski definition) is 3. The summed E-state index contributed by atoms with van der Waals surface area (Å²) in [6.07, 6.45) is 3.50. The summed E-state index contributed by atoms with van der Waals surface area (Å²) in [6, 6.07) is 15.7. The maximum absolute atomic E-state index is 6.20.